The molecule has 2 heteroatoms. The molecule has 0 bridgehead atoms. The molecule has 0 unspecified atom stereocenters. The zero-order chi connectivity index (χ0) is 10.4. The third-order valence-electron chi connectivity index (χ3n) is 2.42. The molecule has 1 aromatic rings. The number of benzene rings is 1. The molecule has 0 saturated heterocycles. The van der Waals surface area contributed by atoms with Crippen molar-refractivity contribution in [3.63, 3.8) is 0 Å². The van der Waals surface area contributed by atoms with E-state index in [4.69, 9.17) is 5.73 Å². The molecule has 0 radical (unpaired) electrons. The van der Waals surface area contributed by atoms with Gasteiger partial charge in [-0.3, -0.25) is 0 Å². The van der Waals surface area contributed by atoms with Crippen molar-refractivity contribution in [2.75, 3.05) is 6.54 Å². The topological polar surface area (TPSA) is 26.0 Å². The Morgan fingerprint density at radius 3 is 2.64 bits per heavy atom. The number of hydrogen-bond donors (Lipinski definition) is 1. The summed E-state index contributed by atoms with van der Waals surface area (Å²) in [6, 6.07) is 6.66. The van der Waals surface area contributed by atoms with Crippen LogP contribution in [0.5, 0.6) is 0 Å². The molecule has 0 aromatic heterocycles. The molecule has 0 saturated carbocycles. The van der Waals surface area contributed by atoms with Gasteiger partial charge in [-0.05, 0) is 49.4 Å². The molecular formula is C12H18BrN. The van der Waals surface area contributed by atoms with E-state index in [1.165, 1.54) is 22.0 Å². The Labute approximate surface area is 94.8 Å². The zero-order valence-corrected chi connectivity index (χ0v) is 10.3. The van der Waals surface area contributed by atoms with Crippen LogP contribution in [-0.2, 0) is 12.8 Å². The van der Waals surface area contributed by atoms with Crippen molar-refractivity contribution in [3.05, 3.63) is 33.8 Å². The molecule has 0 atom stereocenters. The summed E-state index contributed by atoms with van der Waals surface area (Å²) in [6.45, 7) is 2.97. The molecule has 78 valence electrons. The number of hydrogen-bond acceptors (Lipinski definition) is 1. The maximum absolute atomic E-state index is 5.46. The van der Waals surface area contributed by atoms with Crippen LogP contribution in [0.4, 0.5) is 0 Å². The van der Waals surface area contributed by atoms with Crippen LogP contribution in [0.25, 0.3) is 0 Å². The van der Waals surface area contributed by atoms with E-state index >= 15 is 0 Å². The van der Waals surface area contributed by atoms with Crippen molar-refractivity contribution >= 4 is 15.9 Å². The van der Waals surface area contributed by atoms with Gasteiger partial charge in [-0.25, -0.2) is 0 Å². The lowest BCUT2D eigenvalue weighted by Crippen LogP contribution is -1.99. The van der Waals surface area contributed by atoms with E-state index in [0.29, 0.717) is 0 Å². The standard InChI is InChI=1S/C12H18BrN/c1-2-11-7-6-10(9-12(11)13)5-3-4-8-14/h6-7,9H,2-5,8,14H2,1H3. The van der Waals surface area contributed by atoms with Crippen LogP contribution in [0.1, 0.15) is 30.9 Å². The molecule has 1 nitrogen and oxygen atoms in total. The summed E-state index contributed by atoms with van der Waals surface area (Å²) in [4.78, 5) is 0. The summed E-state index contributed by atoms with van der Waals surface area (Å²) in [5, 5.41) is 0. The number of nitrogens with two attached hydrogens (primary N) is 1. The highest BCUT2D eigenvalue weighted by molar-refractivity contribution is 9.10. The predicted molar refractivity (Wildman–Crippen MR) is 65.5 cm³/mol. The van der Waals surface area contributed by atoms with Crippen molar-refractivity contribution in [1.82, 2.24) is 0 Å². The van der Waals surface area contributed by atoms with E-state index in [-0.39, 0.29) is 0 Å². The van der Waals surface area contributed by atoms with Gasteiger partial charge in [0.2, 0.25) is 0 Å². The fourth-order valence-corrected chi connectivity index (χ4v) is 2.21. The first-order valence-corrected chi connectivity index (χ1v) is 6.04. The highest BCUT2D eigenvalue weighted by Crippen LogP contribution is 2.20. The minimum Gasteiger partial charge on any atom is -0.330 e. The van der Waals surface area contributed by atoms with Crippen LogP contribution < -0.4 is 5.73 Å². The average Bonchev–Trinajstić information content (AvgIpc) is 2.18. The Balaban J connectivity index is 2.57. The van der Waals surface area contributed by atoms with E-state index in [2.05, 4.69) is 41.1 Å². The van der Waals surface area contributed by atoms with Crippen molar-refractivity contribution in [2.24, 2.45) is 5.73 Å². The molecule has 0 aliphatic heterocycles. The SMILES string of the molecule is CCc1ccc(CCCCN)cc1Br. The second-order valence-corrected chi connectivity index (χ2v) is 4.38. The summed E-state index contributed by atoms with van der Waals surface area (Å²) in [5.74, 6) is 0. The number of aryl methyl sites for hydroxylation is 2. The van der Waals surface area contributed by atoms with Crippen LogP contribution in [0.3, 0.4) is 0 Å². The normalized spacial score (nSPS) is 10.5. The molecule has 0 aliphatic rings. The van der Waals surface area contributed by atoms with Gasteiger partial charge in [0.1, 0.15) is 0 Å². The Morgan fingerprint density at radius 2 is 2.07 bits per heavy atom. The van der Waals surface area contributed by atoms with Crippen LogP contribution in [0, 0.1) is 0 Å². The quantitative estimate of drug-likeness (QED) is 0.804. The van der Waals surface area contributed by atoms with Gasteiger partial charge in [0.05, 0.1) is 0 Å². The summed E-state index contributed by atoms with van der Waals surface area (Å²) >= 11 is 3.59. The summed E-state index contributed by atoms with van der Waals surface area (Å²) in [7, 11) is 0. The number of halogens is 1. The fraction of sp³-hybridized carbons (Fsp3) is 0.500. The molecule has 0 aliphatic carbocycles. The first-order valence-electron chi connectivity index (χ1n) is 5.25. The molecule has 1 rings (SSSR count). The number of rotatable bonds is 5. The van der Waals surface area contributed by atoms with Gasteiger partial charge >= 0.3 is 0 Å². The molecule has 2 N–H and O–H groups in total. The fourth-order valence-electron chi connectivity index (χ4n) is 1.51. The third-order valence-corrected chi connectivity index (χ3v) is 3.16. The smallest absolute Gasteiger partial charge is 0.0209 e. The lowest BCUT2D eigenvalue weighted by atomic mass is 10.1. The van der Waals surface area contributed by atoms with Gasteiger partial charge in [0.25, 0.3) is 0 Å². The molecule has 0 amide bonds. The number of unbranched alkanes of at least 4 members (excludes halogenated alkanes) is 1. The van der Waals surface area contributed by atoms with Crippen molar-refractivity contribution in [2.45, 2.75) is 32.6 Å². The van der Waals surface area contributed by atoms with Gasteiger partial charge in [0, 0.05) is 4.47 Å². The van der Waals surface area contributed by atoms with Crippen molar-refractivity contribution in [3.8, 4) is 0 Å². The lowest BCUT2D eigenvalue weighted by Gasteiger charge is -2.05. The van der Waals surface area contributed by atoms with E-state index in [1.807, 2.05) is 0 Å². The zero-order valence-electron chi connectivity index (χ0n) is 8.72. The highest BCUT2D eigenvalue weighted by Gasteiger charge is 1.99. The second kappa shape index (κ2) is 6.20. The molecule has 0 spiro atoms. The molecule has 0 fully saturated rings. The third kappa shape index (κ3) is 3.43. The average molecular weight is 256 g/mol. The van der Waals surface area contributed by atoms with Gasteiger partial charge in [0.15, 0.2) is 0 Å². The Morgan fingerprint density at radius 1 is 1.29 bits per heavy atom. The summed E-state index contributed by atoms with van der Waals surface area (Å²) in [5.41, 5.74) is 8.25. The maximum Gasteiger partial charge on any atom is 0.0209 e. The monoisotopic (exact) mass is 255 g/mol. The van der Waals surface area contributed by atoms with E-state index < -0.39 is 0 Å². The van der Waals surface area contributed by atoms with E-state index in [1.54, 1.807) is 0 Å². The largest absolute Gasteiger partial charge is 0.330 e. The minimum atomic E-state index is 0.800. The van der Waals surface area contributed by atoms with E-state index in [9.17, 15) is 0 Å². The van der Waals surface area contributed by atoms with Gasteiger partial charge < -0.3 is 5.73 Å². The van der Waals surface area contributed by atoms with Gasteiger partial charge in [-0.15, -0.1) is 0 Å². The Bertz CT molecular complexity index is 284. The van der Waals surface area contributed by atoms with Crippen LogP contribution in [-0.4, -0.2) is 6.54 Å². The molecule has 0 heterocycles. The maximum atomic E-state index is 5.46. The van der Waals surface area contributed by atoms with Gasteiger partial charge in [-0.1, -0.05) is 35.0 Å². The highest BCUT2D eigenvalue weighted by atomic mass is 79.9. The molecular weight excluding hydrogens is 238 g/mol. The summed E-state index contributed by atoms with van der Waals surface area (Å²) < 4.78 is 1.24. The van der Waals surface area contributed by atoms with Gasteiger partial charge in [-0.2, -0.15) is 0 Å². The molecule has 14 heavy (non-hydrogen) atoms. The Hall–Kier alpha value is -0.340. The molecule has 1 aromatic carbocycles. The Kier molecular flexibility index (Phi) is 5.20. The first kappa shape index (κ1) is 11.7. The van der Waals surface area contributed by atoms with Crippen molar-refractivity contribution in [1.29, 1.82) is 0 Å². The van der Waals surface area contributed by atoms with Crippen molar-refractivity contribution < 1.29 is 0 Å². The minimum absolute atomic E-state index is 0.800. The van der Waals surface area contributed by atoms with Crippen LogP contribution in [0.15, 0.2) is 22.7 Å². The first-order chi connectivity index (χ1) is 6.77. The predicted octanol–water partition coefficient (Wildman–Crippen LogP) is 3.29. The summed E-state index contributed by atoms with van der Waals surface area (Å²) in [6.07, 6.45) is 4.53. The van der Waals surface area contributed by atoms with Crippen LogP contribution in [0.2, 0.25) is 0 Å². The second-order valence-electron chi connectivity index (χ2n) is 3.53. The van der Waals surface area contributed by atoms with E-state index in [0.717, 1.165) is 25.8 Å². The van der Waals surface area contributed by atoms with Crippen LogP contribution >= 0.6 is 15.9 Å². The lowest BCUT2D eigenvalue weighted by molar-refractivity contribution is 0.744.